The minimum absolute atomic E-state index is 0.769. The summed E-state index contributed by atoms with van der Waals surface area (Å²) in [4.78, 5) is 1.29. The Kier molecular flexibility index (Phi) is 2.76. The molecule has 0 aromatic heterocycles. The lowest BCUT2D eigenvalue weighted by Gasteiger charge is -2.02. The Labute approximate surface area is 82.7 Å². The fourth-order valence-corrected chi connectivity index (χ4v) is 2.18. The molecule has 0 amide bonds. The van der Waals surface area contributed by atoms with Gasteiger partial charge in [0.1, 0.15) is 11.7 Å². The van der Waals surface area contributed by atoms with Crippen LogP contribution in [0.4, 0.5) is 0 Å². The van der Waals surface area contributed by atoms with E-state index in [1.54, 1.807) is 11.8 Å². The molecule has 1 aliphatic rings. The van der Waals surface area contributed by atoms with Crippen LogP contribution in [0.15, 0.2) is 23.1 Å². The fourth-order valence-electron chi connectivity index (χ4n) is 1.37. The van der Waals surface area contributed by atoms with Crippen molar-refractivity contribution in [2.45, 2.75) is 11.3 Å². The predicted octanol–water partition coefficient (Wildman–Crippen LogP) is 1.89. The zero-order valence-corrected chi connectivity index (χ0v) is 8.49. The molecular formula is C10H13NOS. The van der Waals surface area contributed by atoms with E-state index in [0.717, 1.165) is 24.7 Å². The van der Waals surface area contributed by atoms with E-state index in [1.807, 2.05) is 7.05 Å². The van der Waals surface area contributed by atoms with Crippen molar-refractivity contribution in [3.05, 3.63) is 23.8 Å². The van der Waals surface area contributed by atoms with Gasteiger partial charge in [-0.1, -0.05) is 17.8 Å². The molecule has 0 radical (unpaired) electrons. The SMILES string of the molecule is CNCCc1ccc2c(c1)SCO2. The number of rotatable bonds is 3. The summed E-state index contributed by atoms with van der Waals surface area (Å²) in [6.45, 7) is 1.03. The number of likely N-dealkylation sites (N-methyl/N-ethyl adjacent to an activating group) is 1. The first-order chi connectivity index (χ1) is 6.40. The van der Waals surface area contributed by atoms with E-state index < -0.39 is 0 Å². The monoisotopic (exact) mass is 195 g/mol. The minimum Gasteiger partial charge on any atom is -0.481 e. The first-order valence-electron chi connectivity index (χ1n) is 4.43. The number of hydrogen-bond donors (Lipinski definition) is 1. The van der Waals surface area contributed by atoms with Crippen LogP contribution in [-0.2, 0) is 6.42 Å². The molecule has 2 rings (SSSR count). The van der Waals surface area contributed by atoms with Crippen molar-refractivity contribution >= 4 is 11.8 Å². The molecule has 1 N–H and O–H groups in total. The maximum atomic E-state index is 5.41. The van der Waals surface area contributed by atoms with Gasteiger partial charge >= 0.3 is 0 Å². The van der Waals surface area contributed by atoms with Gasteiger partial charge < -0.3 is 10.1 Å². The zero-order valence-electron chi connectivity index (χ0n) is 7.67. The van der Waals surface area contributed by atoms with Crippen LogP contribution in [0.3, 0.4) is 0 Å². The summed E-state index contributed by atoms with van der Waals surface area (Å²) in [5.74, 6) is 1.81. The zero-order chi connectivity index (χ0) is 9.10. The highest BCUT2D eigenvalue weighted by Crippen LogP contribution is 2.36. The van der Waals surface area contributed by atoms with Crippen molar-refractivity contribution in [3.8, 4) is 5.75 Å². The van der Waals surface area contributed by atoms with E-state index in [0.29, 0.717) is 0 Å². The number of benzene rings is 1. The van der Waals surface area contributed by atoms with Gasteiger partial charge in [-0.25, -0.2) is 0 Å². The van der Waals surface area contributed by atoms with Crippen LogP contribution >= 0.6 is 11.8 Å². The van der Waals surface area contributed by atoms with Crippen molar-refractivity contribution in [1.29, 1.82) is 0 Å². The fraction of sp³-hybridized carbons (Fsp3) is 0.400. The molecule has 0 spiro atoms. The van der Waals surface area contributed by atoms with Gasteiger partial charge in [-0.05, 0) is 37.7 Å². The number of hydrogen-bond acceptors (Lipinski definition) is 3. The highest BCUT2D eigenvalue weighted by molar-refractivity contribution is 7.99. The van der Waals surface area contributed by atoms with Gasteiger partial charge in [0, 0.05) is 0 Å². The van der Waals surface area contributed by atoms with Gasteiger partial charge in [-0.3, -0.25) is 0 Å². The number of ether oxygens (including phenoxy) is 1. The Hall–Kier alpha value is -0.670. The second kappa shape index (κ2) is 4.03. The average molecular weight is 195 g/mol. The van der Waals surface area contributed by atoms with E-state index in [4.69, 9.17) is 4.74 Å². The van der Waals surface area contributed by atoms with E-state index in [9.17, 15) is 0 Å². The Morgan fingerprint density at radius 3 is 3.31 bits per heavy atom. The summed E-state index contributed by atoms with van der Waals surface area (Å²) in [5.41, 5.74) is 1.38. The molecule has 0 bridgehead atoms. The van der Waals surface area contributed by atoms with Crippen LogP contribution in [0.5, 0.6) is 5.75 Å². The lowest BCUT2D eigenvalue weighted by molar-refractivity contribution is 0.397. The topological polar surface area (TPSA) is 21.3 Å². The molecule has 1 heterocycles. The van der Waals surface area contributed by atoms with Gasteiger partial charge in [0.2, 0.25) is 0 Å². The first-order valence-corrected chi connectivity index (χ1v) is 5.42. The molecule has 0 saturated heterocycles. The molecule has 70 valence electrons. The standard InChI is InChI=1S/C10H13NOS/c1-11-5-4-8-2-3-9-10(6-8)13-7-12-9/h2-3,6,11H,4-5,7H2,1H3. The van der Waals surface area contributed by atoms with E-state index in [-0.39, 0.29) is 0 Å². The Morgan fingerprint density at radius 1 is 1.54 bits per heavy atom. The summed E-state index contributed by atoms with van der Waals surface area (Å²) in [7, 11) is 1.98. The van der Waals surface area contributed by atoms with Crippen LogP contribution in [0.1, 0.15) is 5.56 Å². The lowest BCUT2D eigenvalue weighted by atomic mass is 10.1. The van der Waals surface area contributed by atoms with Crippen LogP contribution in [0, 0.1) is 0 Å². The van der Waals surface area contributed by atoms with Crippen LogP contribution in [-0.4, -0.2) is 19.5 Å². The van der Waals surface area contributed by atoms with Crippen LogP contribution in [0.25, 0.3) is 0 Å². The molecule has 0 fully saturated rings. The third-order valence-corrected chi connectivity index (χ3v) is 2.97. The van der Waals surface area contributed by atoms with Gasteiger partial charge in [0.15, 0.2) is 0 Å². The lowest BCUT2D eigenvalue weighted by Crippen LogP contribution is -2.10. The molecule has 1 aliphatic heterocycles. The molecule has 0 saturated carbocycles. The van der Waals surface area contributed by atoms with Gasteiger partial charge in [-0.2, -0.15) is 0 Å². The smallest absolute Gasteiger partial charge is 0.138 e. The molecule has 0 aliphatic carbocycles. The average Bonchev–Trinajstić information content (AvgIpc) is 2.61. The molecule has 13 heavy (non-hydrogen) atoms. The van der Waals surface area contributed by atoms with E-state index in [2.05, 4.69) is 23.5 Å². The van der Waals surface area contributed by atoms with Crippen molar-refractivity contribution in [1.82, 2.24) is 5.32 Å². The molecule has 1 aromatic carbocycles. The van der Waals surface area contributed by atoms with Crippen molar-refractivity contribution in [3.63, 3.8) is 0 Å². The molecular weight excluding hydrogens is 182 g/mol. The van der Waals surface area contributed by atoms with Crippen LogP contribution < -0.4 is 10.1 Å². The number of thioether (sulfide) groups is 1. The third-order valence-electron chi connectivity index (χ3n) is 2.10. The van der Waals surface area contributed by atoms with E-state index >= 15 is 0 Å². The van der Waals surface area contributed by atoms with Crippen molar-refractivity contribution in [2.75, 3.05) is 19.5 Å². The Morgan fingerprint density at radius 2 is 2.46 bits per heavy atom. The largest absolute Gasteiger partial charge is 0.481 e. The quantitative estimate of drug-likeness (QED) is 0.796. The second-order valence-electron chi connectivity index (χ2n) is 3.04. The summed E-state index contributed by atoms with van der Waals surface area (Å²) >= 11 is 1.77. The summed E-state index contributed by atoms with van der Waals surface area (Å²) in [6.07, 6.45) is 1.09. The number of nitrogens with one attached hydrogen (secondary N) is 1. The summed E-state index contributed by atoms with van der Waals surface area (Å²) < 4.78 is 5.41. The normalized spacial score (nSPS) is 13.9. The predicted molar refractivity (Wildman–Crippen MR) is 55.4 cm³/mol. The first kappa shape index (κ1) is 8.91. The second-order valence-corrected chi connectivity index (χ2v) is 4.01. The summed E-state index contributed by atoms with van der Waals surface area (Å²) in [6, 6.07) is 6.44. The van der Waals surface area contributed by atoms with Gasteiger partial charge in [0.25, 0.3) is 0 Å². The Balaban J connectivity index is 2.12. The van der Waals surface area contributed by atoms with E-state index in [1.165, 1.54) is 10.5 Å². The number of fused-ring (bicyclic) bond motifs is 1. The Bertz CT molecular complexity index is 301. The maximum Gasteiger partial charge on any atom is 0.138 e. The maximum absolute atomic E-state index is 5.41. The van der Waals surface area contributed by atoms with Crippen molar-refractivity contribution < 1.29 is 4.74 Å². The molecule has 0 atom stereocenters. The highest BCUT2D eigenvalue weighted by atomic mass is 32.2. The molecule has 2 nitrogen and oxygen atoms in total. The van der Waals surface area contributed by atoms with Gasteiger partial charge in [0.05, 0.1) is 4.90 Å². The third kappa shape index (κ3) is 1.98. The minimum atomic E-state index is 0.769. The van der Waals surface area contributed by atoms with Gasteiger partial charge in [-0.15, -0.1) is 0 Å². The highest BCUT2D eigenvalue weighted by Gasteiger charge is 2.12. The molecule has 3 heteroatoms. The van der Waals surface area contributed by atoms with Crippen LogP contribution in [0.2, 0.25) is 0 Å². The van der Waals surface area contributed by atoms with Crippen molar-refractivity contribution in [2.24, 2.45) is 0 Å². The molecule has 1 aromatic rings. The summed E-state index contributed by atoms with van der Waals surface area (Å²) in [5, 5.41) is 3.15. The molecule has 0 unspecified atom stereocenters.